The van der Waals surface area contributed by atoms with Crippen molar-refractivity contribution in [3.63, 3.8) is 0 Å². The Morgan fingerprint density at radius 1 is 1.22 bits per heavy atom. The molecule has 2 aromatic heterocycles. The summed E-state index contributed by atoms with van der Waals surface area (Å²) in [6.07, 6.45) is 3.92. The smallest absolute Gasteiger partial charge is 0.253 e. The van der Waals surface area contributed by atoms with Crippen molar-refractivity contribution in [2.45, 2.75) is 32.6 Å². The summed E-state index contributed by atoms with van der Waals surface area (Å²) in [5.41, 5.74) is 2.29. The molecule has 0 aliphatic carbocycles. The Morgan fingerprint density at radius 2 is 2.04 bits per heavy atom. The van der Waals surface area contributed by atoms with E-state index in [9.17, 15) is 4.79 Å². The number of rotatable bonds is 4. The van der Waals surface area contributed by atoms with Gasteiger partial charge in [0.2, 0.25) is 0 Å². The number of ether oxygens (including phenoxy) is 1. The third-order valence-corrected chi connectivity index (χ3v) is 4.73. The molecule has 1 aromatic carbocycles. The Balaban J connectivity index is 1.40. The second kappa shape index (κ2) is 7.36. The lowest BCUT2D eigenvalue weighted by molar-refractivity contribution is -0.00546. The maximum Gasteiger partial charge on any atom is 0.253 e. The summed E-state index contributed by atoms with van der Waals surface area (Å²) in [5, 5.41) is 10.7. The average Bonchev–Trinajstić information content (AvgIpc) is 3.14. The van der Waals surface area contributed by atoms with Crippen molar-refractivity contribution in [1.29, 1.82) is 0 Å². The highest BCUT2D eigenvalue weighted by Crippen LogP contribution is 2.19. The van der Waals surface area contributed by atoms with Crippen molar-refractivity contribution < 1.29 is 9.53 Å². The van der Waals surface area contributed by atoms with Crippen LogP contribution in [0.2, 0.25) is 0 Å². The van der Waals surface area contributed by atoms with Crippen LogP contribution < -0.4 is 10.2 Å². The minimum Gasteiger partial charge on any atom is -0.372 e. The number of fused-ring (bicyclic) bond motifs is 1. The SMILES string of the molecule is C[C@H]1CN(c2ccc(CNC(=O)c3cccc4cn[nH]c34)cn2)C[C@H](C)O1. The second-order valence-corrected chi connectivity index (χ2v) is 7.01. The number of nitrogens with one attached hydrogen (secondary N) is 2. The first kappa shape index (κ1) is 17.5. The molecular weight excluding hydrogens is 342 g/mol. The van der Waals surface area contributed by atoms with E-state index < -0.39 is 0 Å². The van der Waals surface area contributed by atoms with Crippen LogP contribution in [0.3, 0.4) is 0 Å². The Kier molecular flexibility index (Phi) is 4.77. The van der Waals surface area contributed by atoms with E-state index in [1.54, 1.807) is 12.3 Å². The number of H-pyrrole nitrogens is 1. The zero-order valence-corrected chi connectivity index (χ0v) is 15.5. The summed E-state index contributed by atoms with van der Waals surface area (Å²) < 4.78 is 5.77. The summed E-state index contributed by atoms with van der Waals surface area (Å²) in [7, 11) is 0. The van der Waals surface area contributed by atoms with Gasteiger partial charge in [0.25, 0.3) is 5.91 Å². The van der Waals surface area contributed by atoms with Gasteiger partial charge in [0, 0.05) is 31.2 Å². The molecule has 0 saturated carbocycles. The Hall–Kier alpha value is -2.93. The van der Waals surface area contributed by atoms with Gasteiger partial charge in [0.1, 0.15) is 5.82 Å². The number of aromatic nitrogens is 3. The number of carbonyl (C=O) groups excluding carboxylic acids is 1. The van der Waals surface area contributed by atoms with Crippen LogP contribution in [0.5, 0.6) is 0 Å². The molecule has 2 atom stereocenters. The van der Waals surface area contributed by atoms with Gasteiger partial charge < -0.3 is 15.0 Å². The lowest BCUT2D eigenvalue weighted by atomic mass is 10.1. The molecule has 0 spiro atoms. The van der Waals surface area contributed by atoms with E-state index in [1.807, 2.05) is 30.5 Å². The summed E-state index contributed by atoms with van der Waals surface area (Å²) >= 11 is 0. The van der Waals surface area contributed by atoms with Crippen LogP contribution >= 0.6 is 0 Å². The molecule has 1 saturated heterocycles. The molecule has 1 aliphatic heterocycles. The monoisotopic (exact) mass is 365 g/mol. The van der Waals surface area contributed by atoms with Crippen molar-refractivity contribution in [2.75, 3.05) is 18.0 Å². The molecule has 140 valence electrons. The fourth-order valence-electron chi connectivity index (χ4n) is 3.51. The first-order chi connectivity index (χ1) is 13.1. The number of para-hydroxylation sites is 1. The number of hydrogen-bond donors (Lipinski definition) is 2. The van der Waals surface area contributed by atoms with E-state index in [0.29, 0.717) is 12.1 Å². The first-order valence-electron chi connectivity index (χ1n) is 9.16. The molecular formula is C20H23N5O2. The Morgan fingerprint density at radius 3 is 2.78 bits per heavy atom. The van der Waals surface area contributed by atoms with Crippen molar-refractivity contribution >= 4 is 22.6 Å². The van der Waals surface area contributed by atoms with Crippen LogP contribution in [-0.2, 0) is 11.3 Å². The molecule has 4 rings (SSSR count). The number of anilines is 1. The lowest BCUT2D eigenvalue weighted by Gasteiger charge is -2.36. The van der Waals surface area contributed by atoms with Gasteiger partial charge in [-0.15, -0.1) is 0 Å². The minimum absolute atomic E-state index is 0.134. The van der Waals surface area contributed by atoms with E-state index in [-0.39, 0.29) is 18.1 Å². The molecule has 1 aliphatic rings. The van der Waals surface area contributed by atoms with Crippen LogP contribution in [0.15, 0.2) is 42.7 Å². The maximum absolute atomic E-state index is 12.5. The van der Waals surface area contributed by atoms with Gasteiger partial charge in [-0.05, 0) is 31.5 Å². The van der Waals surface area contributed by atoms with Crippen LogP contribution in [0.25, 0.3) is 10.9 Å². The predicted octanol–water partition coefficient (Wildman–Crippen LogP) is 2.50. The number of amides is 1. The molecule has 0 unspecified atom stereocenters. The number of pyridine rings is 1. The first-order valence-corrected chi connectivity index (χ1v) is 9.16. The van der Waals surface area contributed by atoms with Crippen LogP contribution in [0.1, 0.15) is 29.8 Å². The zero-order chi connectivity index (χ0) is 18.8. The number of benzene rings is 1. The highest BCUT2D eigenvalue weighted by atomic mass is 16.5. The van der Waals surface area contributed by atoms with Gasteiger partial charge in [-0.1, -0.05) is 18.2 Å². The lowest BCUT2D eigenvalue weighted by Crippen LogP contribution is -2.45. The van der Waals surface area contributed by atoms with Gasteiger partial charge in [0.15, 0.2) is 0 Å². The van der Waals surface area contributed by atoms with Gasteiger partial charge >= 0.3 is 0 Å². The molecule has 3 heterocycles. The van der Waals surface area contributed by atoms with E-state index >= 15 is 0 Å². The molecule has 1 amide bonds. The topological polar surface area (TPSA) is 83.1 Å². The molecule has 7 heteroatoms. The number of morpholine rings is 1. The number of nitrogens with zero attached hydrogens (tertiary/aromatic N) is 3. The third kappa shape index (κ3) is 3.78. The van der Waals surface area contributed by atoms with Crippen molar-refractivity contribution in [3.05, 3.63) is 53.9 Å². The quantitative estimate of drug-likeness (QED) is 0.742. The van der Waals surface area contributed by atoms with Crippen molar-refractivity contribution in [2.24, 2.45) is 0 Å². The van der Waals surface area contributed by atoms with E-state index in [1.165, 1.54) is 0 Å². The van der Waals surface area contributed by atoms with Gasteiger partial charge in [0.05, 0.1) is 29.5 Å². The number of carbonyl (C=O) groups is 1. The second-order valence-electron chi connectivity index (χ2n) is 7.01. The summed E-state index contributed by atoms with van der Waals surface area (Å²) in [5.74, 6) is 0.805. The Labute approximate surface area is 157 Å². The molecule has 2 N–H and O–H groups in total. The molecule has 27 heavy (non-hydrogen) atoms. The summed E-state index contributed by atoms with van der Waals surface area (Å²) in [6.45, 7) is 6.25. The van der Waals surface area contributed by atoms with Crippen molar-refractivity contribution in [1.82, 2.24) is 20.5 Å². The molecule has 1 fully saturated rings. The molecule has 3 aromatic rings. The summed E-state index contributed by atoms with van der Waals surface area (Å²) in [4.78, 5) is 19.3. The Bertz CT molecular complexity index is 927. The normalized spacial score (nSPS) is 20.0. The number of aromatic amines is 1. The van der Waals surface area contributed by atoms with Gasteiger partial charge in [-0.3, -0.25) is 9.89 Å². The maximum atomic E-state index is 12.5. The standard InChI is InChI=1S/C20H23N5O2/c1-13-11-25(12-14(2)27-13)18-7-6-15(8-21-18)9-22-20(26)17-5-3-4-16-10-23-24-19(16)17/h3-8,10,13-14H,9,11-12H2,1-2H3,(H,22,26)(H,23,24)/t13-,14-/m0/s1. The highest BCUT2D eigenvalue weighted by Gasteiger charge is 2.23. The molecule has 0 radical (unpaired) electrons. The summed E-state index contributed by atoms with van der Waals surface area (Å²) in [6, 6.07) is 9.57. The molecule has 7 nitrogen and oxygen atoms in total. The van der Waals surface area contributed by atoms with E-state index in [0.717, 1.165) is 35.4 Å². The largest absolute Gasteiger partial charge is 0.372 e. The van der Waals surface area contributed by atoms with Crippen LogP contribution in [0, 0.1) is 0 Å². The van der Waals surface area contributed by atoms with E-state index in [4.69, 9.17) is 4.74 Å². The van der Waals surface area contributed by atoms with Gasteiger partial charge in [-0.2, -0.15) is 5.10 Å². The highest BCUT2D eigenvalue weighted by molar-refractivity contribution is 6.05. The van der Waals surface area contributed by atoms with Crippen LogP contribution in [-0.4, -0.2) is 46.4 Å². The van der Waals surface area contributed by atoms with Gasteiger partial charge in [-0.25, -0.2) is 4.98 Å². The minimum atomic E-state index is -0.134. The molecule has 0 bridgehead atoms. The zero-order valence-electron chi connectivity index (χ0n) is 15.5. The predicted molar refractivity (Wildman–Crippen MR) is 104 cm³/mol. The van der Waals surface area contributed by atoms with Crippen molar-refractivity contribution in [3.8, 4) is 0 Å². The fourth-order valence-corrected chi connectivity index (χ4v) is 3.51. The van der Waals surface area contributed by atoms with Crippen LogP contribution in [0.4, 0.5) is 5.82 Å². The third-order valence-electron chi connectivity index (χ3n) is 4.73. The van der Waals surface area contributed by atoms with E-state index in [2.05, 4.69) is 39.2 Å². The average molecular weight is 365 g/mol. The fraction of sp³-hybridized carbons (Fsp3) is 0.350. The number of hydrogen-bond acceptors (Lipinski definition) is 5.